The van der Waals surface area contributed by atoms with Gasteiger partial charge in [0.2, 0.25) is 0 Å². The van der Waals surface area contributed by atoms with Crippen LogP contribution in [0.3, 0.4) is 0 Å². The molecule has 132 valence electrons. The second-order valence-corrected chi connectivity index (χ2v) is 6.25. The quantitative estimate of drug-likeness (QED) is 0.873. The van der Waals surface area contributed by atoms with E-state index in [-0.39, 0.29) is 31.5 Å². The predicted molar refractivity (Wildman–Crippen MR) is 91.3 cm³/mol. The second kappa shape index (κ2) is 6.76. The minimum atomic E-state index is -2.67. The van der Waals surface area contributed by atoms with Crippen molar-refractivity contribution in [3.8, 4) is 0 Å². The van der Waals surface area contributed by atoms with Gasteiger partial charge in [0.05, 0.1) is 13.1 Å². The number of nitrogens with one attached hydrogen (secondary N) is 1. The van der Waals surface area contributed by atoms with Gasteiger partial charge in [-0.3, -0.25) is 4.79 Å². The summed E-state index contributed by atoms with van der Waals surface area (Å²) in [6.45, 7) is 1.21. The molecule has 0 saturated carbocycles. The van der Waals surface area contributed by atoms with Crippen LogP contribution in [-0.4, -0.2) is 41.6 Å². The number of alkyl halides is 2. The van der Waals surface area contributed by atoms with E-state index in [1.54, 1.807) is 42.5 Å². The summed E-state index contributed by atoms with van der Waals surface area (Å²) in [6.07, 6.45) is 0. The molecule has 5 nitrogen and oxygen atoms in total. The summed E-state index contributed by atoms with van der Waals surface area (Å²) in [6, 6.07) is 11.9. The number of hydrogen-bond donors (Lipinski definition) is 2. The summed E-state index contributed by atoms with van der Waals surface area (Å²) >= 11 is 0. The normalized spacial score (nSPS) is 16.9. The van der Waals surface area contributed by atoms with Crippen molar-refractivity contribution in [2.45, 2.75) is 18.8 Å². The lowest BCUT2D eigenvalue weighted by molar-refractivity contribution is -0.0266. The smallest absolute Gasteiger partial charge is 0.282 e. The first-order valence-corrected chi connectivity index (χ1v) is 8.00. The molecule has 25 heavy (non-hydrogen) atoms. The first-order valence-electron chi connectivity index (χ1n) is 8.00. The molecule has 0 spiro atoms. The molecule has 1 aliphatic heterocycles. The van der Waals surface area contributed by atoms with E-state index in [0.29, 0.717) is 17.2 Å². The largest absolute Gasteiger partial charge is 0.396 e. The maximum absolute atomic E-state index is 13.0. The number of aliphatic hydroxyl groups excluding tert-OH is 1. The van der Waals surface area contributed by atoms with Crippen LogP contribution in [0, 0.1) is 0 Å². The van der Waals surface area contributed by atoms with E-state index in [1.807, 2.05) is 6.92 Å². The van der Waals surface area contributed by atoms with Crippen molar-refractivity contribution in [1.82, 2.24) is 4.98 Å². The third-order valence-corrected chi connectivity index (χ3v) is 4.16. The number of amides is 1. The zero-order valence-corrected chi connectivity index (χ0v) is 13.7. The number of carbonyl (C=O) groups is 1. The first kappa shape index (κ1) is 17.3. The van der Waals surface area contributed by atoms with E-state index in [2.05, 4.69) is 10.3 Å². The first-order chi connectivity index (χ1) is 11.9. The van der Waals surface area contributed by atoms with E-state index < -0.39 is 5.92 Å². The van der Waals surface area contributed by atoms with Crippen LogP contribution in [0.1, 0.15) is 28.8 Å². The molecule has 1 atom stereocenters. The fourth-order valence-electron chi connectivity index (χ4n) is 2.60. The van der Waals surface area contributed by atoms with Crippen LogP contribution < -0.4 is 10.2 Å². The minimum Gasteiger partial charge on any atom is -0.396 e. The fourth-order valence-corrected chi connectivity index (χ4v) is 2.60. The van der Waals surface area contributed by atoms with E-state index in [9.17, 15) is 13.6 Å². The summed E-state index contributed by atoms with van der Waals surface area (Å²) in [4.78, 5) is 18.0. The fraction of sp³-hybridized carbons (Fsp3) is 0.333. The van der Waals surface area contributed by atoms with Gasteiger partial charge >= 0.3 is 0 Å². The maximum Gasteiger partial charge on any atom is 0.282 e. The van der Waals surface area contributed by atoms with Gasteiger partial charge in [-0.25, -0.2) is 13.8 Å². The third kappa shape index (κ3) is 3.93. The Labute approximate surface area is 144 Å². The number of anilines is 2. The number of pyridine rings is 1. The molecule has 1 aliphatic rings. The highest BCUT2D eigenvalue weighted by molar-refractivity contribution is 6.03. The predicted octanol–water partition coefficient (Wildman–Crippen LogP) is 2.89. The van der Waals surface area contributed by atoms with Gasteiger partial charge < -0.3 is 15.3 Å². The Morgan fingerprint density at radius 1 is 1.28 bits per heavy atom. The molecule has 7 heteroatoms. The second-order valence-electron chi connectivity index (χ2n) is 6.25. The Morgan fingerprint density at radius 2 is 1.96 bits per heavy atom. The number of aromatic nitrogens is 1. The highest BCUT2D eigenvalue weighted by Crippen LogP contribution is 2.31. The molecule has 0 bridgehead atoms. The standard InChI is InChI=1S/C18H19F2N3O2/c1-12(9-24)13-5-7-14(8-6-13)17(25)22-15-3-2-4-16(21-15)23-10-18(19,20)11-23/h2-8,12,24H,9-11H2,1H3,(H,21,22,25). The lowest BCUT2D eigenvalue weighted by atomic mass is 10.0. The average molecular weight is 347 g/mol. The number of benzene rings is 1. The maximum atomic E-state index is 13.0. The highest BCUT2D eigenvalue weighted by Gasteiger charge is 2.44. The Balaban J connectivity index is 1.67. The molecule has 2 aromatic rings. The molecule has 1 saturated heterocycles. The Kier molecular flexibility index (Phi) is 4.67. The molecule has 1 fully saturated rings. The van der Waals surface area contributed by atoms with Crippen LogP contribution in [0.25, 0.3) is 0 Å². The Hall–Kier alpha value is -2.54. The third-order valence-electron chi connectivity index (χ3n) is 4.16. The monoisotopic (exact) mass is 347 g/mol. The number of halogens is 2. The molecule has 0 aliphatic carbocycles. The van der Waals surface area contributed by atoms with Crippen molar-refractivity contribution in [3.05, 3.63) is 53.6 Å². The van der Waals surface area contributed by atoms with Gasteiger partial charge in [-0.2, -0.15) is 0 Å². The van der Waals surface area contributed by atoms with Crippen LogP contribution in [0.2, 0.25) is 0 Å². The van der Waals surface area contributed by atoms with Gasteiger partial charge in [0.1, 0.15) is 11.6 Å². The van der Waals surface area contributed by atoms with Gasteiger partial charge in [-0.1, -0.05) is 25.1 Å². The molecule has 1 aromatic heterocycles. The highest BCUT2D eigenvalue weighted by atomic mass is 19.3. The average Bonchev–Trinajstić information content (AvgIpc) is 2.59. The summed E-state index contributed by atoms with van der Waals surface area (Å²) in [5.74, 6) is -2.28. The van der Waals surface area contributed by atoms with Crippen molar-refractivity contribution in [1.29, 1.82) is 0 Å². The van der Waals surface area contributed by atoms with Crippen LogP contribution in [0.15, 0.2) is 42.5 Å². The summed E-state index contributed by atoms with van der Waals surface area (Å²) in [5, 5.41) is 11.8. The van der Waals surface area contributed by atoms with Crippen molar-refractivity contribution in [3.63, 3.8) is 0 Å². The number of nitrogens with zero attached hydrogens (tertiary/aromatic N) is 2. The topological polar surface area (TPSA) is 65.5 Å². The minimum absolute atomic E-state index is 0.00474. The van der Waals surface area contributed by atoms with E-state index >= 15 is 0 Å². The van der Waals surface area contributed by atoms with Crippen molar-refractivity contribution < 1.29 is 18.7 Å². The molecule has 2 N–H and O–H groups in total. The molecular weight excluding hydrogens is 328 g/mol. The van der Waals surface area contributed by atoms with E-state index in [1.165, 1.54) is 4.90 Å². The van der Waals surface area contributed by atoms with Gasteiger partial charge in [-0.05, 0) is 29.8 Å². The molecule has 3 rings (SSSR count). The van der Waals surface area contributed by atoms with Crippen LogP contribution >= 0.6 is 0 Å². The summed E-state index contributed by atoms with van der Waals surface area (Å²) in [7, 11) is 0. The van der Waals surface area contributed by atoms with Crippen molar-refractivity contribution >= 4 is 17.5 Å². The van der Waals surface area contributed by atoms with Gasteiger partial charge in [-0.15, -0.1) is 0 Å². The van der Waals surface area contributed by atoms with Crippen molar-refractivity contribution in [2.24, 2.45) is 0 Å². The van der Waals surface area contributed by atoms with E-state index in [4.69, 9.17) is 5.11 Å². The van der Waals surface area contributed by atoms with Crippen LogP contribution in [-0.2, 0) is 0 Å². The SMILES string of the molecule is CC(CO)c1ccc(C(=O)Nc2cccc(N3CC(F)(F)C3)n2)cc1. The molecule has 2 heterocycles. The summed E-state index contributed by atoms with van der Waals surface area (Å²) in [5.41, 5.74) is 1.40. The summed E-state index contributed by atoms with van der Waals surface area (Å²) < 4.78 is 25.9. The van der Waals surface area contributed by atoms with E-state index in [0.717, 1.165) is 5.56 Å². The molecule has 0 radical (unpaired) electrons. The Morgan fingerprint density at radius 3 is 2.56 bits per heavy atom. The molecule has 1 unspecified atom stereocenters. The van der Waals surface area contributed by atoms with Gasteiger partial charge in [0.15, 0.2) is 0 Å². The number of rotatable bonds is 5. The number of carbonyl (C=O) groups excluding carboxylic acids is 1. The number of hydrogen-bond acceptors (Lipinski definition) is 4. The molecular formula is C18H19F2N3O2. The zero-order valence-electron chi connectivity index (χ0n) is 13.7. The Bertz CT molecular complexity index is 757. The lowest BCUT2D eigenvalue weighted by Crippen LogP contribution is -2.56. The van der Waals surface area contributed by atoms with Crippen LogP contribution in [0.5, 0.6) is 0 Å². The van der Waals surface area contributed by atoms with Crippen LogP contribution in [0.4, 0.5) is 20.4 Å². The van der Waals surface area contributed by atoms with Crippen molar-refractivity contribution in [2.75, 3.05) is 29.9 Å². The lowest BCUT2D eigenvalue weighted by Gasteiger charge is -2.39. The van der Waals surface area contributed by atoms with Gasteiger partial charge in [0, 0.05) is 18.1 Å². The molecule has 1 amide bonds. The zero-order chi connectivity index (χ0) is 18.0. The number of aliphatic hydroxyl groups is 1. The van der Waals surface area contributed by atoms with Gasteiger partial charge in [0.25, 0.3) is 11.8 Å². The molecule has 1 aromatic carbocycles.